The maximum atomic E-state index is 13.1. The minimum atomic E-state index is -1.07. The van der Waals surface area contributed by atoms with Gasteiger partial charge in [-0.2, -0.15) is 0 Å². The number of benzene rings is 1. The smallest absolute Gasteiger partial charge is 0.249 e. The highest BCUT2D eigenvalue weighted by atomic mass is 127. The molecular weight excluding hydrogens is 555 g/mol. The molecule has 1 aromatic carbocycles. The van der Waals surface area contributed by atoms with Gasteiger partial charge in [-0.1, -0.05) is 12.1 Å². The van der Waals surface area contributed by atoms with Crippen molar-refractivity contribution in [3.8, 4) is 5.75 Å². The lowest BCUT2D eigenvalue weighted by Gasteiger charge is -2.41. The third-order valence-corrected chi connectivity index (χ3v) is 6.78. The number of nitrogens with one attached hydrogen (secondary N) is 1. The number of para-hydroxylation sites is 1. The zero-order valence-corrected chi connectivity index (χ0v) is 21.5. The average Bonchev–Trinajstić information content (AvgIpc) is 3.35. The van der Waals surface area contributed by atoms with Crippen molar-refractivity contribution in [2.45, 2.75) is 50.5 Å². The summed E-state index contributed by atoms with van der Waals surface area (Å²) in [5.74, 6) is -0.0615. The van der Waals surface area contributed by atoms with Crippen LogP contribution in [-0.2, 0) is 19.1 Å². The Morgan fingerprint density at radius 3 is 2.79 bits per heavy atom. The third kappa shape index (κ3) is 7.14. The van der Waals surface area contributed by atoms with Gasteiger partial charge in [-0.15, -0.1) is 0 Å². The first-order valence-corrected chi connectivity index (χ1v) is 12.7. The second kappa shape index (κ2) is 13.4. The van der Waals surface area contributed by atoms with Gasteiger partial charge in [0.15, 0.2) is 0 Å². The highest BCUT2D eigenvalue weighted by Gasteiger charge is 2.41. The number of carbonyl (C=O) groups excluding carboxylic acids is 2. The van der Waals surface area contributed by atoms with E-state index in [9.17, 15) is 14.7 Å². The first kappa shape index (κ1) is 26.9. The summed E-state index contributed by atoms with van der Waals surface area (Å²) in [4.78, 5) is 27.5. The predicted molar refractivity (Wildman–Crippen MR) is 133 cm³/mol. The van der Waals surface area contributed by atoms with E-state index in [1.807, 2.05) is 25.1 Å². The summed E-state index contributed by atoms with van der Waals surface area (Å²) >= 11 is 2.15. The number of halogens is 1. The number of ether oxygens (including phenoxy) is 3. The topological polar surface area (TPSA) is 118 Å². The van der Waals surface area contributed by atoms with E-state index in [1.165, 1.54) is 0 Å². The van der Waals surface area contributed by atoms with Crippen LogP contribution in [0.15, 0.2) is 35.9 Å². The van der Waals surface area contributed by atoms with Gasteiger partial charge in [-0.3, -0.25) is 9.59 Å². The molecule has 34 heavy (non-hydrogen) atoms. The summed E-state index contributed by atoms with van der Waals surface area (Å²) in [6.45, 7) is 2.93. The van der Waals surface area contributed by atoms with E-state index in [0.717, 1.165) is 16.4 Å². The average molecular weight is 588 g/mol. The molecule has 0 bridgehead atoms. The second-order valence-electron chi connectivity index (χ2n) is 8.26. The number of carbonyl (C=O) groups is 2. The van der Waals surface area contributed by atoms with E-state index in [-0.39, 0.29) is 44.1 Å². The minimum absolute atomic E-state index is 0.106. The zero-order valence-electron chi connectivity index (χ0n) is 19.3. The van der Waals surface area contributed by atoms with Gasteiger partial charge < -0.3 is 34.6 Å². The summed E-state index contributed by atoms with van der Waals surface area (Å²) in [6.07, 6.45) is 1.43. The first-order valence-electron chi connectivity index (χ1n) is 11.6. The Bertz CT molecular complexity index is 859. The van der Waals surface area contributed by atoms with E-state index in [0.29, 0.717) is 31.1 Å². The van der Waals surface area contributed by atoms with Crippen molar-refractivity contribution < 1.29 is 34.0 Å². The molecule has 0 saturated carbocycles. The SMILES string of the molecule is CCOCC(=O)N(C[C@H]1CCCO1)[C@@H]1CC(C(=O)NCCO)=C[C@H](Oc2ccccc2I)[C@H]1O. The number of hydrogen-bond donors (Lipinski definition) is 3. The Balaban J connectivity index is 1.90. The van der Waals surface area contributed by atoms with Crippen molar-refractivity contribution in [1.29, 1.82) is 0 Å². The van der Waals surface area contributed by atoms with Gasteiger partial charge >= 0.3 is 0 Å². The van der Waals surface area contributed by atoms with Crippen molar-refractivity contribution in [3.63, 3.8) is 0 Å². The van der Waals surface area contributed by atoms with Crippen molar-refractivity contribution in [1.82, 2.24) is 10.2 Å². The lowest BCUT2D eigenvalue weighted by Crippen LogP contribution is -2.57. The van der Waals surface area contributed by atoms with Crippen LogP contribution < -0.4 is 10.1 Å². The molecule has 4 atom stereocenters. The summed E-state index contributed by atoms with van der Waals surface area (Å²) in [5, 5.41) is 23.1. The molecule has 9 nitrogen and oxygen atoms in total. The molecular formula is C24H33IN2O7. The number of aliphatic hydroxyl groups is 2. The summed E-state index contributed by atoms with van der Waals surface area (Å²) in [6, 6.07) is 6.69. The monoisotopic (exact) mass is 588 g/mol. The van der Waals surface area contributed by atoms with Crippen molar-refractivity contribution >= 4 is 34.4 Å². The van der Waals surface area contributed by atoms with Gasteiger partial charge in [0, 0.05) is 38.3 Å². The fraction of sp³-hybridized carbons (Fsp3) is 0.583. The van der Waals surface area contributed by atoms with Crippen LogP contribution in [0.5, 0.6) is 5.75 Å². The molecule has 1 aliphatic heterocycles. The fourth-order valence-corrected chi connectivity index (χ4v) is 4.68. The molecule has 1 aliphatic carbocycles. The maximum absolute atomic E-state index is 13.1. The van der Waals surface area contributed by atoms with Crippen LogP contribution in [0.1, 0.15) is 26.2 Å². The van der Waals surface area contributed by atoms with Gasteiger partial charge in [0.1, 0.15) is 24.6 Å². The quantitative estimate of drug-likeness (QED) is 0.334. The lowest BCUT2D eigenvalue weighted by molar-refractivity contribution is -0.145. The van der Waals surface area contributed by atoms with Gasteiger partial charge in [0.2, 0.25) is 11.8 Å². The Hall–Kier alpha value is -1.73. The number of nitrogens with zero attached hydrogens (tertiary/aromatic N) is 1. The molecule has 2 aliphatic rings. The standard InChI is InChI=1S/C24H33IN2O7/c1-2-32-15-22(29)27(14-17-6-5-11-33-17)19-12-16(24(31)26-9-10-28)13-21(23(19)30)34-20-8-4-3-7-18(20)25/h3-4,7-8,13,17,19,21,23,28,30H,2,5-6,9-12,14-15H2,1H3,(H,26,31)/t17-,19-,21+,23+/m1/s1. The molecule has 1 fully saturated rings. The van der Waals surface area contributed by atoms with Crippen molar-refractivity contribution in [2.24, 2.45) is 0 Å². The first-order chi connectivity index (χ1) is 16.4. The Labute approximate surface area is 213 Å². The molecule has 0 unspecified atom stereocenters. The molecule has 0 aromatic heterocycles. The highest BCUT2D eigenvalue weighted by Crippen LogP contribution is 2.30. The summed E-state index contributed by atoms with van der Waals surface area (Å²) in [5.41, 5.74) is 0.390. The Kier molecular flexibility index (Phi) is 10.6. The van der Waals surface area contributed by atoms with E-state index in [1.54, 1.807) is 17.0 Å². The Morgan fingerprint density at radius 2 is 2.12 bits per heavy atom. The minimum Gasteiger partial charge on any atom is -0.482 e. The molecule has 0 radical (unpaired) electrons. The Morgan fingerprint density at radius 1 is 1.32 bits per heavy atom. The number of rotatable bonds is 11. The van der Waals surface area contributed by atoms with Crippen LogP contribution in [0.3, 0.4) is 0 Å². The van der Waals surface area contributed by atoms with Gasteiger partial charge in [-0.25, -0.2) is 0 Å². The highest BCUT2D eigenvalue weighted by molar-refractivity contribution is 14.1. The molecule has 3 N–H and O–H groups in total. The van der Waals surface area contributed by atoms with Crippen LogP contribution in [0.25, 0.3) is 0 Å². The molecule has 1 saturated heterocycles. The third-order valence-electron chi connectivity index (χ3n) is 5.89. The molecule has 2 amide bonds. The van der Waals surface area contributed by atoms with Crippen LogP contribution in [0.2, 0.25) is 0 Å². The van der Waals surface area contributed by atoms with E-state index in [2.05, 4.69) is 27.9 Å². The molecule has 188 valence electrons. The van der Waals surface area contributed by atoms with Crippen LogP contribution in [-0.4, -0.2) is 90.8 Å². The normalized spacial score (nSPS) is 24.4. The van der Waals surface area contributed by atoms with Crippen molar-refractivity contribution in [3.05, 3.63) is 39.5 Å². The maximum Gasteiger partial charge on any atom is 0.249 e. The van der Waals surface area contributed by atoms with Crippen LogP contribution in [0.4, 0.5) is 0 Å². The summed E-state index contributed by atoms with van der Waals surface area (Å²) < 4.78 is 18.1. The molecule has 3 rings (SSSR count). The molecule has 10 heteroatoms. The zero-order chi connectivity index (χ0) is 24.5. The van der Waals surface area contributed by atoms with E-state index < -0.39 is 18.2 Å². The van der Waals surface area contributed by atoms with Crippen molar-refractivity contribution in [2.75, 3.05) is 39.5 Å². The van der Waals surface area contributed by atoms with Gasteiger partial charge in [0.25, 0.3) is 0 Å². The van der Waals surface area contributed by atoms with E-state index >= 15 is 0 Å². The number of aliphatic hydroxyl groups excluding tert-OH is 2. The second-order valence-corrected chi connectivity index (χ2v) is 9.43. The van der Waals surface area contributed by atoms with Gasteiger partial charge in [0.05, 0.1) is 22.3 Å². The fourth-order valence-electron chi connectivity index (χ4n) is 4.17. The summed E-state index contributed by atoms with van der Waals surface area (Å²) in [7, 11) is 0. The lowest BCUT2D eigenvalue weighted by atomic mass is 9.88. The van der Waals surface area contributed by atoms with Crippen LogP contribution >= 0.6 is 22.6 Å². The van der Waals surface area contributed by atoms with Gasteiger partial charge in [-0.05, 0) is 60.6 Å². The number of amides is 2. The molecule has 0 spiro atoms. The van der Waals surface area contributed by atoms with Crippen LogP contribution in [0, 0.1) is 3.57 Å². The molecule has 1 heterocycles. The number of hydrogen-bond acceptors (Lipinski definition) is 7. The molecule has 1 aromatic rings. The largest absolute Gasteiger partial charge is 0.482 e. The van der Waals surface area contributed by atoms with E-state index in [4.69, 9.17) is 19.3 Å². The predicted octanol–water partition coefficient (Wildman–Crippen LogP) is 1.25.